The van der Waals surface area contributed by atoms with Gasteiger partial charge >= 0.3 is 6.09 Å². The van der Waals surface area contributed by atoms with Crippen LogP contribution in [-0.4, -0.2) is 46.1 Å². The van der Waals surface area contributed by atoms with Gasteiger partial charge in [0, 0.05) is 13.1 Å². The second-order valence-electron chi connectivity index (χ2n) is 9.10. The van der Waals surface area contributed by atoms with Gasteiger partial charge in [-0.1, -0.05) is 49.4 Å². The van der Waals surface area contributed by atoms with Gasteiger partial charge in [0.2, 0.25) is 11.8 Å². The molecule has 0 heterocycles. The van der Waals surface area contributed by atoms with Crippen molar-refractivity contribution in [3.8, 4) is 5.75 Å². The van der Waals surface area contributed by atoms with E-state index in [0.29, 0.717) is 25.1 Å². The molecule has 0 aromatic heterocycles. The molecule has 2 atom stereocenters. The molecule has 2 aromatic rings. The van der Waals surface area contributed by atoms with Gasteiger partial charge in [-0.2, -0.15) is 0 Å². The third-order valence-electron chi connectivity index (χ3n) is 4.93. The molecule has 3 N–H and O–H groups in total. The molecule has 184 valence electrons. The number of aromatic hydroxyl groups is 1. The predicted octanol–water partition coefficient (Wildman–Crippen LogP) is 3.90. The molecule has 0 saturated carbocycles. The Hall–Kier alpha value is -3.55. The zero-order valence-electron chi connectivity index (χ0n) is 20.5. The summed E-state index contributed by atoms with van der Waals surface area (Å²) >= 11 is 0. The summed E-state index contributed by atoms with van der Waals surface area (Å²) in [6.45, 7) is 9.27. The first kappa shape index (κ1) is 26.7. The van der Waals surface area contributed by atoms with Crippen molar-refractivity contribution < 1.29 is 24.2 Å². The number of carbonyl (C=O) groups excluding carboxylic acids is 3. The smallest absolute Gasteiger partial charge is 0.408 e. The second kappa shape index (κ2) is 12.1. The van der Waals surface area contributed by atoms with E-state index in [9.17, 15) is 19.5 Å². The van der Waals surface area contributed by atoms with Gasteiger partial charge in [0.15, 0.2) is 0 Å². The maximum atomic E-state index is 13.4. The first-order chi connectivity index (χ1) is 16.0. The van der Waals surface area contributed by atoms with Gasteiger partial charge in [-0.05, 0) is 57.4 Å². The molecule has 34 heavy (non-hydrogen) atoms. The highest BCUT2D eigenvalue weighted by Crippen LogP contribution is 2.25. The topological polar surface area (TPSA) is 108 Å². The molecule has 0 aliphatic heterocycles. The molecule has 0 radical (unpaired) electrons. The van der Waals surface area contributed by atoms with E-state index in [1.165, 1.54) is 17.0 Å². The Morgan fingerprint density at radius 1 is 1.03 bits per heavy atom. The van der Waals surface area contributed by atoms with E-state index in [1.54, 1.807) is 39.8 Å². The minimum Gasteiger partial charge on any atom is -0.508 e. The Kier molecular flexibility index (Phi) is 9.47. The molecule has 0 aliphatic rings. The van der Waals surface area contributed by atoms with Crippen LogP contribution in [0.4, 0.5) is 4.79 Å². The Morgan fingerprint density at radius 3 is 2.21 bits per heavy atom. The maximum absolute atomic E-state index is 13.4. The lowest BCUT2D eigenvalue weighted by Crippen LogP contribution is -2.52. The molecular formula is C26H35N3O5. The van der Waals surface area contributed by atoms with Gasteiger partial charge in [0.05, 0.1) is 0 Å². The van der Waals surface area contributed by atoms with Crippen LogP contribution in [0.15, 0.2) is 54.6 Å². The second-order valence-corrected chi connectivity index (χ2v) is 9.10. The molecule has 0 fully saturated rings. The largest absolute Gasteiger partial charge is 0.508 e. The fraction of sp³-hybridized carbons (Fsp3) is 0.423. The van der Waals surface area contributed by atoms with Crippen LogP contribution < -0.4 is 10.6 Å². The monoisotopic (exact) mass is 469 g/mol. The molecule has 8 heteroatoms. The zero-order valence-corrected chi connectivity index (χ0v) is 20.5. The van der Waals surface area contributed by atoms with Crippen molar-refractivity contribution in [2.75, 3.05) is 6.54 Å². The van der Waals surface area contributed by atoms with Crippen molar-refractivity contribution in [3.63, 3.8) is 0 Å². The first-order valence-electron chi connectivity index (χ1n) is 11.4. The molecule has 8 nitrogen and oxygen atoms in total. The number of phenolic OH excluding ortho intramolecular Hbond substituents is 1. The summed E-state index contributed by atoms with van der Waals surface area (Å²) < 4.78 is 5.26. The third kappa shape index (κ3) is 8.10. The Morgan fingerprint density at radius 2 is 1.65 bits per heavy atom. The SMILES string of the molecule is CCCN(C(=O)C(C)NC(=O)OC(C)(C)C)C(C(=O)NCc1ccccc1)c1ccc(O)cc1. The molecule has 0 spiro atoms. The number of hydrogen-bond acceptors (Lipinski definition) is 5. The number of rotatable bonds is 9. The highest BCUT2D eigenvalue weighted by Gasteiger charge is 2.34. The summed E-state index contributed by atoms with van der Waals surface area (Å²) in [5.74, 6) is -0.720. The van der Waals surface area contributed by atoms with E-state index in [4.69, 9.17) is 4.74 Å². The average molecular weight is 470 g/mol. The third-order valence-corrected chi connectivity index (χ3v) is 4.93. The van der Waals surface area contributed by atoms with Crippen LogP contribution in [0.3, 0.4) is 0 Å². The number of alkyl carbamates (subject to hydrolysis) is 1. The first-order valence-corrected chi connectivity index (χ1v) is 11.4. The van der Waals surface area contributed by atoms with E-state index in [2.05, 4.69) is 10.6 Å². The number of phenols is 1. The number of ether oxygens (including phenoxy) is 1. The lowest BCUT2D eigenvalue weighted by Gasteiger charge is -2.33. The summed E-state index contributed by atoms with van der Waals surface area (Å²) in [5.41, 5.74) is 0.769. The Bertz CT molecular complexity index is 955. The molecule has 3 amide bonds. The quantitative estimate of drug-likeness (QED) is 0.516. The van der Waals surface area contributed by atoms with E-state index < -0.39 is 29.7 Å². The molecule has 2 rings (SSSR count). The number of nitrogens with one attached hydrogen (secondary N) is 2. The molecular weight excluding hydrogens is 434 g/mol. The number of carbonyl (C=O) groups is 3. The van der Waals surface area contributed by atoms with Crippen LogP contribution in [0.25, 0.3) is 0 Å². The minimum atomic E-state index is -0.945. The standard InChI is InChI=1S/C26H35N3O5/c1-6-16-29(24(32)18(2)28-25(33)34-26(3,4)5)22(20-12-14-21(30)15-13-20)23(31)27-17-19-10-8-7-9-11-19/h7-15,18,22,30H,6,16-17H2,1-5H3,(H,27,31)(H,28,33). The molecule has 0 bridgehead atoms. The molecule has 2 aromatic carbocycles. The summed E-state index contributed by atoms with van der Waals surface area (Å²) in [7, 11) is 0. The highest BCUT2D eigenvalue weighted by molar-refractivity contribution is 5.92. The fourth-order valence-electron chi connectivity index (χ4n) is 3.41. The Balaban J connectivity index is 2.29. The van der Waals surface area contributed by atoms with Crippen LogP contribution in [0.2, 0.25) is 0 Å². The van der Waals surface area contributed by atoms with Gasteiger partial charge < -0.3 is 25.4 Å². The normalized spacial score (nSPS) is 12.9. The number of nitrogens with zero attached hydrogens (tertiary/aromatic N) is 1. The molecule has 2 unspecified atom stereocenters. The summed E-state index contributed by atoms with van der Waals surface area (Å²) in [4.78, 5) is 40.5. The lowest BCUT2D eigenvalue weighted by molar-refractivity contribution is -0.142. The van der Waals surface area contributed by atoms with Gasteiger partial charge in [0.25, 0.3) is 0 Å². The fourth-order valence-corrected chi connectivity index (χ4v) is 3.41. The Labute approximate surface area is 201 Å². The minimum absolute atomic E-state index is 0.0560. The van der Waals surface area contributed by atoms with Crippen LogP contribution in [0, 0.1) is 0 Å². The van der Waals surface area contributed by atoms with Crippen molar-refractivity contribution in [1.82, 2.24) is 15.5 Å². The zero-order chi connectivity index (χ0) is 25.3. The van der Waals surface area contributed by atoms with Crippen molar-refractivity contribution in [3.05, 3.63) is 65.7 Å². The molecule has 0 saturated heterocycles. The van der Waals surface area contributed by atoms with Crippen LogP contribution >= 0.6 is 0 Å². The van der Waals surface area contributed by atoms with E-state index in [1.807, 2.05) is 37.3 Å². The van der Waals surface area contributed by atoms with Gasteiger partial charge in [0.1, 0.15) is 23.4 Å². The van der Waals surface area contributed by atoms with Gasteiger partial charge in [-0.15, -0.1) is 0 Å². The average Bonchev–Trinajstić information content (AvgIpc) is 2.77. The number of benzene rings is 2. The van der Waals surface area contributed by atoms with Crippen molar-refractivity contribution in [2.24, 2.45) is 0 Å². The van der Waals surface area contributed by atoms with Crippen molar-refractivity contribution >= 4 is 17.9 Å². The van der Waals surface area contributed by atoms with Crippen LogP contribution in [-0.2, 0) is 20.9 Å². The maximum Gasteiger partial charge on any atom is 0.408 e. The summed E-state index contributed by atoms with van der Waals surface area (Å²) in [6.07, 6.45) is -0.106. The van der Waals surface area contributed by atoms with Crippen LogP contribution in [0.5, 0.6) is 5.75 Å². The van der Waals surface area contributed by atoms with Gasteiger partial charge in [-0.3, -0.25) is 9.59 Å². The van der Waals surface area contributed by atoms with Crippen LogP contribution in [0.1, 0.15) is 58.2 Å². The summed E-state index contributed by atoms with van der Waals surface area (Å²) in [5, 5.41) is 15.2. The number of amides is 3. The molecule has 0 aliphatic carbocycles. The van der Waals surface area contributed by atoms with Crippen molar-refractivity contribution in [1.29, 1.82) is 0 Å². The lowest BCUT2D eigenvalue weighted by atomic mass is 10.0. The van der Waals surface area contributed by atoms with Gasteiger partial charge in [-0.25, -0.2) is 4.79 Å². The highest BCUT2D eigenvalue weighted by atomic mass is 16.6. The van der Waals surface area contributed by atoms with E-state index in [0.717, 1.165) is 5.56 Å². The number of hydrogen-bond donors (Lipinski definition) is 3. The van der Waals surface area contributed by atoms with E-state index in [-0.39, 0.29) is 11.7 Å². The summed E-state index contributed by atoms with van der Waals surface area (Å²) in [6, 6.07) is 13.8. The van der Waals surface area contributed by atoms with Crippen molar-refractivity contribution in [2.45, 2.75) is 65.3 Å². The predicted molar refractivity (Wildman–Crippen MR) is 130 cm³/mol. The van der Waals surface area contributed by atoms with E-state index >= 15 is 0 Å².